The van der Waals surface area contributed by atoms with Gasteiger partial charge < -0.3 is 14.8 Å². The normalized spacial score (nSPS) is 9.62. The summed E-state index contributed by atoms with van der Waals surface area (Å²) >= 11 is 3.06. The average molecular weight is 288 g/mol. The first-order valence-corrected chi connectivity index (χ1v) is 5.98. The number of methoxy groups -OCH3 is 1. The molecular formula is C11H14BrNO3. The third-order valence-electron chi connectivity index (χ3n) is 1.87. The number of carbonyl (C=O) groups excluding carboxylic acids is 1. The molecule has 0 aliphatic rings. The molecule has 5 heteroatoms. The molecule has 1 aromatic rings. The van der Waals surface area contributed by atoms with Crippen LogP contribution in [0.15, 0.2) is 24.3 Å². The molecular weight excluding hydrogens is 274 g/mol. The second-order valence-corrected chi connectivity index (χ2v) is 3.54. The predicted octanol–water partition coefficient (Wildman–Crippen LogP) is 1.59. The van der Waals surface area contributed by atoms with Crippen molar-refractivity contribution in [3.8, 4) is 11.5 Å². The van der Waals surface area contributed by atoms with Crippen LogP contribution in [-0.4, -0.2) is 31.5 Å². The van der Waals surface area contributed by atoms with E-state index in [-0.39, 0.29) is 5.91 Å². The minimum atomic E-state index is -0.0522. The summed E-state index contributed by atoms with van der Waals surface area (Å²) in [6.07, 6.45) is 0. The molecule has 0 radical (unpaired) electrons. The Morgan fingerprint density at radius 2 is 2.06 bits per heavy atom. The van der Waals surface area contributed by atoms with Crippen molar-refractivity contribution in [2.45, 2.75) is 0 Å². The van der Waals surface area contributed by atoms with Crippen LogP contribution in [0.4, 0.5) is 0 Å². The van der Waals surface area contributed by atoms with Crippen LogP contribution in [0.1, 0.15) is 0 Å². The van der Waals surface area contributed by atoms with E-state index < -0.39 is 0 Å². The van der Waals surface area contributed by atoms with Gasteiger partial charge in [-0.3, -0.25) is 4.79 Å². The Hall–Kier alpha value is -1.23. The van der Waals surface area contributed by atoms with Gasteiger partial charge in [-0.05, 0) is 12.1 Å². The van der Waals surface area contributed by atoms with Crippen LogP contribution in [0.2, 0.25) is 0 Å². The Morgan fingerprint density at radius 1 is 1.38 bits per heavy atom. The van der Waals surface area contributed by atoms with Gasteiger partial charge in [-0.2, -0.15) is 0 Å². The largest absolute Gasteiger partial charge is 0.493 e. The van der Waals surface area contributed by atoms with Crippen LogP contribution in [0, 0.1) is 0 Å². The molecule has 0 saturated carbocycles. The lowest BCUT2D eigenvalue weighted by Gasteiger charge is -2.10. The van der Waals surface area contributed by atoms with Gasteiger partial charge >= 0.3 is 0 Å². The summed E-state index contributed by atoms with van der Waals surface area (Å²) in [5, 5.41) is 3.00. The second kappa shape index (κ2) is 7.11. The zero-order valence-corrected chi connectivity index (χ0v) is 10.6. The zero-order chi connectivity index (χ0) is 11.8. The van der Waals surface area contributed by atoms with Crippen molar-refractivity contribution in [1.29, 1.82) is 0 Å². The first-order chi connectivity index (χ1) is 7.77. The van der Waals surface area contributed by atoms with Gasteiger partial charge in [0.25, 0.3) is 0 Å². The molecule has 0 aromatic heterocycles. The Morgan fingerprint density at radius 3 is 2.69 bits per heavy atom. The van der Waals surface area contributed by atoms with E-state index in [0.717, 1.165) is 0 Å². The highest BCUT2D eigenvalue weighted by molar-refractivity contribution is 9.09. The van der Waals surface area contributed by atoms with Crippen molar-refractivity contribution in [2.75, 3.05) is 25.6 Å². The molecule has 1 rings (SSSR count). The van der Waals surface area contributed by atoms with Crippen LogP contribution in [-0.2, 0) is 4.79 Å². The van der Waals surface area contributed by atoms with E-state index in [9.17, 15) is 4.79 Å². The molecule has 0 spiro atoms. The lowest BCUT2D eigenvalue weighted by atomic mass is 10.3. The van der Waals surface area contributed by atoms with Gasteiger partial charge in [0.2, 0.25) is 5.91 Å². The minimum absolute atomic E-state index is 0.0522. The number of nitrogens with one attached hydrogen (secondary N) is 1. The van der Waals surface area contributed by atoms with E-state index in [1.165, 1.54) is 0 Å². The van der Waals surface area contributed by atoms with Gasteiger partial charge in [0.15, 0.2) is 11.5 Å². The second-order valence-electron chi connectivity index (χ2n) is 2.98. The van der Waals surface area contributed by atoms with Crippen LogP contribution < -0.4 is 14.8 Å². The molecule has 0 saturated heterocycles. The van der Waals surface area contributed by atoms with Gasteiger partial charge in [-0.1, -0.05) is 28.1 Å². The summed E-state index contributed by atoms with van der Waals surface area (Å²) in [5.41, 5.74) is 0. The van der Waals surface area contributed by atoms with Gasteiger partial charge in [0.05, 0.1) is 19.0 Å². The molecule has 0 bridgehead atoms. The van der Waals surface area contributed by atoms with E-state index in [1.54, 1.807) is 7.11 Å². The van der Waals surface area contributed by atoms with Crippen LogP contribution in [0.25, 0.3) is 0 Å². The molecule has 1 amide bonds. The molecule has 0 fully saturated rings. The lowest BCUT2D eigenvalue weighted by Crippen LogP contribution is -2.28. The summed E-state index contributed by atoms with van der Waals surface area (Å²) in [5.74, 6) is 1.32. The smallest absolute Gasteiger partial charge is 0.230 e. The Balaban J connectivity index is 2.34. The van der Waals surface area contributed by atoms with E-state index >= 15 is 0 Å². The molecule has 0 aliphatic heterocycles. The summed E-state index contributed by atoms with van der Waals surface area (Å²) in [6.45, 7) is 0.890. The van der Waals surface area contributed by atoms with E-state index in [4.69, 9.17) is 9.47 Å². The van der Waals surface area contributed by atoms with Gasteiger partial charge in [0, 0.05) is 0 Å². The number of carbonyl (C=O) groups is 1. The molecule has 4 nitrogen and oxygen atoms in total. The Bertz CT molecular complexity index is 344. The fourth-order valence-electron chi connectivity index (χ4n) is 1.14. The molecule has 1 N–H and O–H groups in total. The van der Waals surface area contributed by atoms with E-state index in [0.29, 0.717) is 30.0 Å². The third-order valence-corrected chi connectivity index (χ3v) is 2.38. The fourth-order valence-corrected chi connectivity index (χ4v) is 1.33. The highest BCUT2D eigenvalue weighted by Crippen LogP contribution is 2.25. The lowest BCUT2D eigenvalue weighted by molar-refractivity contribution is -0.118. The van der Waals surface area contributed by atoms with Crippen molar-refractivity contribution in [1.82, 2.24) is 5.32 Å². The van der Waals surface area contributed by atoms with Crippen LogP contribution >= 0.6 is 15.9 Å². The summed E-state index contributed by atoms with van der Waals surface area (Å²) < 4.78 is 10.6. The maximum absolute atomic E-state index is 10.9. The van der Waals surface area contributed by atoms with Crippen molar-refractivity contribution >= 4 is 21.8 Å². The number of hydrogen-bond acceptors (Lipinski definition) is 3. The average Bonchev–Trinajstić information content (AvgIpc) is 2.34. The number of para-hydroxylation sites is 2. The number of amides is 1. The number of halogens is 1. The Labute approximate surface area is 103 Å². The van der Waals surface area contributed by atoms with Crippen molar-refractivity contribution < 1.29 is 14.3 Å². The number of hydrogen-bond donors (Lipinski definition) is 1. The predicted molar refractivity (Wildman–Crippen MR) is 65.3 cm³/mol. The molecule has 0 heterocycles. The van der Waals surface area contributed by atoms with E-state index in [2.05, 4.69) is 21.2 Å². The highest BCUT2D eigenvalue weighted by Gasteiger charge is 2.02. The molecule has 0 atom stereocenters. The summed E-state index contributed by atoms with van der Waals surface area (Å²) in [6, 6.07) is 7.39. The number of benzene rings is 1. The number of ether oxygens (including phenoxy) is 2. The van der Waals surface area contributed by atoms with E-state index in [1.807, 2.05) is 24.3 Å². The SMILES string of the molecule is COc1ccccc1OCCNC(=O)CBr. The first kappa shape index (κ1) is 12.8. The fraction of sp³-hybridized carbons (Fsp3) is 0.364. The topological polar surface area (TPSA) is 47.6 Å². The van der Waals surface area contributed by atoms with Gasteiger partial charge in [-0.15, -0.1) is 0 Å². The number of rotatable bonds is 6. The van der Waals surface area contributed by atoms with Crippen LogP contribution in [0.5, 0.6) is 11.5 Å². The first-order valence-electron chi connectivity index (χ1n) is 4.86. The number of alkyl halides is 1. The van der Waals surface area contributed by atoms with Crippen molar-refractivity contribution in [3.05, 3.63) is 24.3 Å². The minimum Gasteiger partial charge on any atom is -0.493 e. The van der Waals surface area contributed by atoms with Crippen molar-refractivity contribution in [2.24, 2.45) is 0 Å². The van der Waals surface area contributed by atoms with Crippen molar-refractivity contribution in [3.63, 3.8) is 0 Å². The maximum atomic E-state index is 10.9. The monoisotopic (exact) mass is 287 g/mol. The summed E-state index contributed by atoms with van der Waals surface area (Å²) in [7, 11) is 1.59. The van der Waals surface area contributed by atoms with Gasteiger partial charge in [-0.25, -0.2) is 0 Å². The molecule has 88 valence electrons. The van der Waals surface area contributed by atoms with Gasteiger partial charge in [0.1, 0.15) is 6.61 Å². The molecule has 0 aliphatic carbocycles. The zero-order valence-electron chi connectivity index (χ0n) is 9.03. The quantitative estimate of drug-likeness (QED) is 0.638. The highest BCUT2D eigenvalue weighted by atomic mass is 79.9. The molecule has 16 heavy (non-hydrogen) atoms. The Kier molecular flexibility index (Phi) is 5.71. The summed E-state index contributed by atoms with van der Waals surface area (Å²) in [4.78, 5) is 10.9. The molecule has 0 unspecified atom stereocenters. The standard InChI is InChI=1S/C11H14BrNO3/c1-15-9-4-2-3-5-10(9)16-7-6-13-11(14)8-12/h2-5H,6-8H2,1H3,(H,13,14). The maximum Gasteiger partial charge on any atom is 0.230 e. The molecule has 1 aromatic carbocycles. The third kappa shape index (κ3) is 4.10. The van der Waals surface area contributed by atoms with Crippen LogP contribution in [0.3, 0.4) is 0 Å².